The second kappa shape index (κ2) is 7.40. The average molecular weight is 303 g/mol. The summed E-state index contributed by atoms with van der Waals surface area (Å²) in [5.41, 5.74) is 2.14. The Bertz CT molecular complexity index is 551. The van der Waals surface area contributed by atoms with Crippen LogP contribution in [-0.2, 0) is 4.79 Å². The van der Waals surface area contributed by atoms with Crippen LogP contribution in [0, 0.1) is 12.8 Å². The molecule has 5 nitrogen and oxygen atoms in total. The van der Waals surface area contributed by atoms with E-state index in [4.69, 9.17) is 0 Å². The van der Waals surface area contributed by atoms with Gasteiger partial charge in [-0.05, 0) is 63.8 Å². The summed E-state index contributed by atoms with van der Waals surface area (Å²) in [7, 11) is 0. The Balaban J connectivity index is 1.92. The first-order valence-corrected chi connectivity index (χ1v) is 7.88. The summed E-state index contributed by atoms with van der Waals surface area (Å²) in [5.74, 6) is 0.550. The van der Waals surface area contributed by atoms with Crippen LogP contribution >= 0.6 is 0 Å². The van der Waals surface area contributed by atoms with Crippen LogP contribution in [-0.4, -0.2) is 30.9 Å². The number of aryl methyl sites for hydroxylation is 1. The predicted molar refractivity (Wildman–Crippen MR) is 88.0 cm³/mol. The fourth-order valence-corrected chi connectivity index (χ4v) is 2.20. The lowest BCUT2D eigenvalue weighted by Gasteiger charge is -2.12. The second-order valence-electron chi connectivity index (χ2n) is 6.28. The van der Waals surface area contributed by atoms with E-state index in [9.17, 15) is 9.59 Å². The monoisotopic (exact) mass is 303 g/mol. The van der Waals surface area contributed by atoms with Gasteiger partial charge < -0.3 is 16.0 Å². The van der Waals surface area contributed by atoms with Gasteiger partial charge in [-0.25, -0.2) is 0 Å². The van der Waals surface area contributed by atoms with Crippen LogP contribution in [0.5, 0.6) is 0 Å². The van der Waals surface area contributed by atoms with Crippen LogP contribution in [0.2, 0.25) is 0 Å². The lowest BCUT2D eigenvalue weighted by molar-refractivity contribution is -0.115. The standard InChI is InChI=1S/C17H25N3O2/c1-11(2)19-17(22)15-8-14(7-4-12(15)3)20-16(21)10-18-9-13-5-6-13/h4,7-8,11,13,18H,5-6,9-10H2,1-3H3,(H,19,22)(H,20,21). The van der Waals surface area contributed by atoms with E-state index in [1.165, 1.54) is 12.8 Å². The molecule has 1 aliphatic rings. The maximum Gasteiger partial charge on any atom is 0.251 e. The number of hydrogen-bond donors (Lipinski definition) is 3. The van der Waals surface area contributed by atoms with Gasteiger partial charge in [0.2, 0.25) is 5.91 Å². The van der Waals surface area contributed by atoms with E-state index >= 15 is 0 Å². The summed E-state index contributed by atoms with van der Waals surface area (Å²) >= 11 is 0. The maximum atomic E-state index is 12.1. The smallest absolute Gasteiger partial charge is 0.251 e. The molecule has 5 heteroatoms. The van der Waals surface area contributed by atoms with Crippen molar-refractivity contribution in [2.45, 2.75) is 39.7 Å². The fraction of sp³-hybridized carbons (Fsp3) is 0.529. The van der Waals surface area contributed by atoms with Crippen molar-refractivity contribution in [3.63, 3.8) is 0 Å². The van der Waals surface area contributed by atoms with Crippen molar-refractivity contribution in [3.8, 4) is 0 Å². The van der Waals surface area contributed by atoms with Gasteiger partial charge in [-0.15, -0.1) is 0 Å². The van der Waals surface area contributed by atoms with Crippen molar-refractivity contribution in [1.82, 2.24) is 10.6 Å². The molecular formula is C17H25N3O2. The lowest BCUT2D eigenvalue weighted by atomic mass is 10.1. The van der Waals surface area contributed by atoms with Gasteiger partial charge in [-0.3, -0.25) is 9.59 Å². The first-order chi connectivity index (χ1) is 10.5. The normalized spacial score (nSPS) is 14.0. The molecule has 0 bridgehead atoms. The highest BCUT2D eigenvalue weighted by atomic mass is 16.2. The molecule has 1 aromatic carbocycles. The van der Waals surface area contributed by atoms with Crippen molar-refractivity contribution >= 4 is 17.5 Å². The van der Waals surface area contributed by atoms with E-state index in [0.29, 0.717) is 17.8 Å². The minimum Gasteiger partial charge on any atom is -0.350 e. The highest BCUT2D eigenvalue weighted by molar-refractivity contribution is 5.98. The Morgan fingerprint density at radius 3 is 2.64 bits per heavy atom. The van der Waals surface area contributed by atoms with Gasteiger partial charge in [0, 0.05) is 17.3 Å². The maximum absolute atomic E-state index is 12.1. The van der Waals surface area contributed by atoms with Crippen LogP contribution in [0.15, 0.2) is 18.2 Å². The Morgan fingerprint density at radius 1 is 1.27 bits per heavy atom. The Hall–Kier alpha value is -1.88. The van der Waals surface area contributed by atoms with Crippen molar-refractivity contribution < 1.29 is 9.59 Å². The zero-order chi connectivity index (χ0) is 16.1. The molecule has 0 heterocycles. The first-order valence-electron chi connectivity index (χ1n) is 7.88. The predicted octanol–water partition coefficient (Wildman–Crippen LogP) is 2.07. The van der Waals surface area contributed by atoms with Crippen molar-refractivity contribution in [2.75, 3.05) is 18.4 Å². The molecule has 22 heavy (non-hydrogen) atoms. The van der Waals surface area contributed by atoms with Gasteiger partial charge in [0.15, 0.2) is 0 Å². The highest BCUT2D eigenvalue weighted by Gasteiger charge is 2.20. The summed E-state index contributed by atoms with van der Waals surface area (Å²) in [6, 6.07) is 5.48. The molecule has 1 saturated carbocycles. The quantitative estimate of drug-likeness (QED) is 0.722. The number of carbonyl (C=O) groups is 2. The molecule has 120 valence electrons. The van der Waals surface area contributed by atoms with Gasteiger partial charge in [0.05, 0.1) is 6.54 Å². The molecular weight excluding hydrogens is 278 g/mol. The number of nitrogens with one attached hydrogen (secondary N) is 3. The average Bonchev–Trinajstić information content (AvgIpc) is 3.24. The van der Waals surface area contributed by atoms with Crippen LogP contribution in [0.4, 0.5) is 5.69 Å². The van der Waals surface area contributed by atoms with E-state index < -0.39 is 0 Å². The van der Waals surface area contributed by atoms with E-state index in [2.05, 4.69) is 16.0 Å². The third-order valence-electron chi connectivity index (χ3n) is 3.60. The third-order valence-corrected chi connectivity index (χ3v) is 3.60. The molecule has 2 amide bonds. The van der Waals surface area contributed by atoms with Crippen molar-refractivity contribution in [2.24, 2.45) is 5.92 Å². The summed E-state index contributed by atoms with van der Waals surface area (Å²) in [5, 5.41) is 8.85. The molecule has 0 aliphatic heterocycles. The summed E-state index contributed by atoms with van der Waals surface area (Å²) in [4.78, 5) is 24.0. The van der Waals surface area contributed by atoms with Gasteiger partial charge >= 0.3 is 0 Å². The number of anilines is 1. The first kappa shape index (κ1) is 16.5. The van der Waals surface area contributed by atoms with Gasteiger partial charge in [0.1, 0.15) is 0 Å². The SMILES string of the molecule is Cc1ccc(NC(=O)CNCC2CC2)cc1C(=O)NC(C)C. The molecule has 0 radical (unpaired) electrons. The largest absolute Gasteiger partial charge is 0.350 e. The van der Waals surface area contributed by atoms with E-state index in [0.717, 1.165) is 18.0 Å². The van der Waals surface area contributed by atoms with E-state index in [-0.39, 0.29) is 17.9 Å². The van der Waals surface area contributed by atoms with Crippen LogP contribution in [0.25, 0.3) is 0 Å². The zero-order valence-corrected chi connectivity index (χ0v) is 13.5. The topological polar surface area (TPSA) is 70.2 Å². The molecule has 0 unspecified atom stereocenters. The number of rotatable bonds is 7. The van der Waals surface area contributed by atoms with Gasteiger partial charge in [-0.1, -0.05) is 6.07 Å². The molecule has 0 saturated heterocycles. The zero-order valence-electron chi connectivity index (χ0n) is 13.5. The molecule has 2 rings (SSSR count). The number of benzene rings is 1. The molecule has 0 atom stereocenters. The summed E-state index contributed by atoms with van der Waals surface area (Å²) in [6.07, 6.45) is 2.53. The molecule has 1 fully saturated rings. The second-order valence-corrected chi connectivity index (χ2v) is 6.28. The van der Waals surface area contributed by atoms with E-state index in [1.54, 1.807) is 6.07 Å². The number of hydrogen-bond acceptors (Lipinski definition) is 3. The molecule has 1 aliphatic carbocycles. The molecule has 3 N–H and O–H groups in total. The van der Waals surface area contributed by atoms with Crippen molar-refractivity contribution in [3.05, 3.63) is 29.3 Å². The van der Waals surface area contributed by atoms with E-state index in [1.807, 2.05) is 32.9 Å². The Labute approximate surface area is 131 Å². The minimum absolute atomic E-state index is 0.0803. The summed E-state index contributed by atoms with van der Waals surface area (Å²) in [6.45, 7) is 6.94. The van der Waals surface area contributed by atoms with Crippen LogP contribution in [0.1, 0.15) is 42.6 Å². The van der Waals surface area contributed by atoms with Gasteiger partial charge in [-0.2, -0.15) is 0 Å². The Morgan fingerprint density at radius 2 is 2.00 bits per heavy atom. The van der Waals surface area contributed by atoms with Gasteiger partial charge in [0.25, 0.3) is 5.91 Å². The lowest BCUT2D eigenvalue weighted by Crippen LogP contribution is -2.31. The highest BCUT2D eigenvalue weighted by Crippen LogP contribution is 2.27. The number of carbonyl (C=O) groups excluding carboxylic acids is 2. The van der Waals surface area contributed by atoms with Crippen LogP contribution in [0.3, 0.4) is 0 Å². The van der Waals surface area contributed by atoms with Crippen LogP contribution < -0.4 is 16.0 Å². The summed E-state index contributed by atoms with van der Waals surface area (Å²) < 4.78 is 0. The molecule has 0 spiro atoms. The molecule has 0 aromatic heterocycles. The molecule has 1 aromatic rings. The fourth-order valence-electron chi connectivity index (χ4n) is 2.20. The Kier molecular flexibility index (Phi) is 5.55. The number of amides is 2. The third kappa shape index (κ3) is 5.15. The minimum atomic E-state index is -0.115. The van der Waals surface area contributed by atoms with Crippen molar-refractivity contribution in [1.29, 1.82) is 0 Å².